The second-order valence-corrected chi connectivity index (χ2v) is 4.66. The van der Waals surface area contributed by atoms with Gasteiger partial charge in [0.25, 0.3) is 0 Å². The minimum Gasteiger partial charge on any atom is -0.497 e. The van der Waals surface area contributed by atoms with Crippen LogP contribution < -0.4 is 10.1 Å². The number of rotatable bonds is 8. The van der Waals surface area contributed by atoms with E-state index in [1.807, 2.05) is 28.9 Å². The van der Waals surface area contributed by atoms with Gasteiger partial charge in [0.2, 0.25) is 0 Å². The number of nitrogens with one attached hydrogen (secondary N) is 1. The monoisotopic (exact) mass is 291 g/mol. The van der Waals surface area contributed by atoms with E-state index >= 15 is 0 Å². The minimum atomic E-state index is 0.0603. The summed E-state index contributed by atoms with van der Waals surface area (Å²) in [7, 11) is 3.33. The summed E-state index contributed by atoms with van der Waals surface area (Å²) >= 11 is 0. The second kappa shape index (κ2) is 7.70. The zero-order valence-corrected chi connectivity index (χ0v) is 12.6. The molecule has 0 fully saturated rings. The van der Waals surface area contributed by atoms with Crippen molar-refractivity contribution in [3.8, 4) is 5.75 Å². The maximum Gasteiger partial charge on any atom is 0.165 e. The van der Waals surface area contributed by atoms with Crippen LogP contribution >= 0.6 is 0 Å². The molecule has 0 spiro atoms. The molecule has 0 bridgehead atoms. The maximum absolute atomic E-state index is 5.17. The molecule has 0 saturated carbocycles. The lowest BCUT2D eigenvalue weighted by Gasteiger charge is -2.14. The van der Waals surface area contributed by atoms with E-state index in [4.69, 9.17) is 9.47 Å². The second-order valence-electron chi connectivity index (χ2n) is 4.66. The molecule has 0 amide bonds. The Balaban J connectivity index is 2.04. The number of nitrogens with zero attached hydrogens (tertiary/aromatic N) is 4. The van der Waals surface area contributed by atoms with Gasteiger partial charge in [0, 0.05) is 13.7 Å². The molecule has 2 aromatic rings. The molecule has 1 atom stereocenters. The summed E-state index contributed by atoms with van der Waals surface area (Å²) in [6.07, 6.45) is 0. The summed E-state index contributed by atoms with van der Waals surface area (Å²) in [4.78, 5) is 0. The zero-order chi connectivity index (χ0) is 15.1. The number of hydrogen-bond acceptors (Lipinski definition) is 6. The molecule has 21 heavy (non-hydrogen) atoms. The number of aromatic nitrogens is 4. The topological polar surface area (TPSA) is 74.1 Å². The van der Waals surface area contributed by atoms with Crippen molar-refractivity contribution in [2.75, 3.05) is 27.4 Å². The van der Waals surface area contributed by atoms with Crippen molar-refractivity contribution in [3.63, 3.8) is 0 Å². The third kappa shape index (κ3) is 3.99. The average molecular weight is 291 g/mol. The van der Waals surface area contributed by atoms with E-state index in [9.17, 15) is 0 Å². The molecule has 0 aliphatic carbocycles. The Morgan fingerprint density at radius 2 is 2.00 bits per heavy atom. The molecule has 7 heteroatoms. The highest BCUT2D eigenvalue weighted by atomic mass is 16.5. The van der Waals surface area contributed by atoms with E-state index in [2.05, 4.69) is 27.8 Å². The molecular formula is C14H21N5O2. The van der Waals surface area contributed by atoms with Gasteiger partial charge in [-0.25, -0.2) is 4.68 Å². The van der Waals surface area contributed by atoms with Crippen molar-refractivity contribution in [2.45, 2.75) is 19.5 Å². The van der Waals surface area contributed by atoms with Crippen molar-refractivity contribution in [3.05, 3.63) is 35.7 Å². The largest absolute Gasteiger partial charge is 0.497 e. The quantitative estimate of drug-likeness (QED) is 0.732. The third-order valence-electron chi connectivity index (χ3n) is 3.29. The fourth-order valence-corrected chi connectivity index (χ4v) is 2.03. The van der Waals surface area contributed by atoms with Gasteiger partial charge in [-0.2, -0.15) is 0 Å². The van der Waals surface area contributed by atoms with Gasteiger partial charge in [-0.1, -0.05) is 12.1 Å². The molecule has 1 aromatic carbocycles. The molecular weight excluding hydrogens is 270 g/mol. The minimum absolute atomic E-state index is 0.0603. The summed E-state index contributed by atoms with van der Waals surface area (Å²) in [5, 5.41) is 15.2. The number of hydrogen-bond donors (Lipinski definition) is 1. The van der Waals surface area contributed by atoms with Crippen molar-refractivity contribution >= 4 is 0 Å². The van der Waals surface area contributed by atoms with Gasteiger partial charge in [-0.05, 0) is 35.0 Å². The molecule has 1 N–H and O–H groups in total. The van der Waals surface area contributed by atoms with Crippen LogP contribution in [-0.4, -0.2) is 47.6 Å². The molecule has 1 heterocycles. The molecule has 2 rings (SSSR count). The number of benzene rings is 1. The van der Waals surface area contributed by atoms with Gasteiger partial charge < -0.3 is 14.8 Å². The maximum atomic E-state index is 5.17. The summed E-state index contributed by atoms with van der Waals surface area (Å²) in [6, 6.07) is 7.98. The molecule has 1 unspecified atom stereocenters. The summed E-state index contributed by atoms with van der Waals surface area (Å²) in [5.74, 6) is 1.64. The van der Waals surface area contributed by atoms with Gasteiger partial charge in [-0.3, -0.25) is 0 Å². The highest BCUT2D eigenvalue weighted by Gasteiger charge is 2.14. The molecule has 0 aliphatic heterocycles. The smallest absolute Gasteiger partial charge is 0.165 e. The van der Waals surface area contributed by atoms with Crippen LogP contribution in [0, 0.1) is 0 Å². The van der Waals surface area contributed by atoms with Crippen LogP contribution in [0.1, 0.15) is 24.4 Å². The summed E-state index contributed by atoms with van der Waals surface area (Å²) in [5.41, 5.74) is 1.13. The molecule has 1 aromatic heterocycles. The van der Waals surface area contributed by atoms with Gasteiger partial charge >= 0.3 is 0 Å². The lowest BCUT2D eigenvalue weighted by atomic mass is 10.1. The first kappa shape index (κ1) is 15.4. The fraction of sp³-hybridized carbons (Fsp3) is 0.500. The molecule has 0 aliphatic rings. The van der Waals surface area contributed by atoms with Gasteiger partial charge in [0.05, 0.1) is 26.3 Å². The first-order chi connectivity index (χ1) is 10.3. The predicted molar refractivity (Wildman–Crippen MR) is 78.2 cm³/mol. The van der Waals surface area contributed by atoms with Crippen molar-refractivity contribution in [1.82, 2.24) is 25.5 Å². The van der Waals surface area contributed by atoms with E-state index in [1.165, 1.54) is 0 Å². The highest BCUT2D eigenvalue weighted by molar-refractivity contribution is 5.29. The highest BCUT2D eigenvalue weighted by Crippen LogP contribution is 2.20. The van der Waals surface area contributed by atoms with Crippen molar-refractivity contribution in [2.24, 2.45) is 0 Å². The Bertz CT molecular complexity index is 541. The Morgan fingerprint density at radius 1 is 1.24 bits per heavy atom. The molecule has 7 nitrogen and oxygen atoms in total. The normalized spacial score (nSPS) is 12.3. The van der Waals surface area contributed by atoms with E-state index in [0.717, 1.165) is 23.7 Å². The van der Waals surface area contributed by atoms with E-state index in [0.29, 0.717) is 13.2 Å². The predicted octanol–water partition coefficient (Wildman–Crippen LogP) is 1.03. The molecule has 114 valence electrons. The van der Waals surface area contributed by atoms with E-state index in [1.54, 1.807) is 14.2 Å². The van der Waals surface area contributed by atoms with Crippen molar-refractivity contribution in [1.29, 1.82) is 0 Å². The summed E-state index contributed by atoms with van der Waals surface area (Å²) in [6.45, 7) is 4.10. The van der Waals surface area contributed by atoms with Crippen molar-refractivity contribution < 1.29 is 9.47 Å². The average Bonchev–Trinajstić information content (AvgIpc) is 2.99. The SMILES string of the molecule is COCCNCc1nnnn1C(C)c1ccc(OC)cc1. The van der Waals surface area contributed by atoms with Crippen LogP contribution in [0.15, 0.2) is 24.3 Å². The van der Waals surface area contributed by atoms with Gasteiger partial charge in [0.1, 0.15) is 5.75 Å². The van der Waals surface area contributed by atoms with Crippen LogP contribution in [-0.2, 0) is 11.3 Å². The number of ether oxygens (including phenoxy) is 2. The van der Waals surface area contributed by atoms with Gasteiger partial charge in [0.15, 0.2) is 5.82 Å². The summed E-state index contributed by atoms with van der Waals surface area (Å²) < 4.78 is 12.0. The Hall–Kier alpha value is -1.99. The fourth-order valence-electron chi connectivity index (χ4n) is 2.03. The zero-order valence-electron chi connectivity index (χ0n) is 12.6. The number of methoxy groups -OCH3 is 2. The van der Waals surface area contributed by atoms with Crippen LogP contribution in [0.25, 0.3) is 0 Å². The van der Waals surface area contributed by atoms with E-state index in [-0.39, 0.29) is 6.04 Å². The van der Waals surface area contributed by atoms with Crippen LogP contribution in [0.4, 0.5) is 0 Å². The van der Waals surface area contributed by atoms with E-state index < -0.39 is 0 Å². The van der Waals surface area contributed by atoms with Gasteiger partial charge in [-0.15, -0.1) is 5.10 Å². The Kier molecular flexibility index (Phi) is 5.65. The lowest BCUT2D eigenvalue weighted by molar-refractivity contribution is 0.198. The molecule has 0 saturated heterocycles. The first-order valence-electron chi connectivity index (χ1n) is 6.86. The number of tetrazole rings is 1. The first-order valence-corrected chi connectivity index (χ1v) is 6.86. The standard InChI is InChI=1S/C14H21N5O2/c1-11(12-4-6-13(21-3)7-5-12)19-14(16-17-18-19)10-15-8-9-20-2/h4-7,11,15H,8-10H2,1-3H3. The Morgan fingerprint density at radius 3 is 2.67 bits per heavy atom. The molecule has 0 radical (unpaired) electrons. The van der Waals surface area contributed by atoms with Crippen LogP contribution in [0.2, 0.25) is 0 Å². The Labute approximate surface area is 124 Å². The van der Waals surface area contributed by atoms with Crippen LogP contribution in [0.5, 0.6) is 5.75 Å². The lowest BCUT2D eigenvalue weighted by Crippen LogP contribution is -2.22. The van der Waals surface area contributed by atoms with Crippen LogP contribution in [0.3, 0.4) is 0 Å². The third-order valence-corrected chi connectivity index (χ3v) is 3.29.